The molecule has 0 heterocycles. The minimum Gasteiger partial charge on any atom is -0.380 e. The SMILES string of the molecule is CO[C@H]1[C@@]23CC[C@@H]4[C@H](CC[C@]5(C)C(=O)CC[C@@H]45)[C@@]12CCC(=O)[C@H]3C. The fourth-order valence-corrected chi connectivity index (χ4v) is 8.67. The summed E-state index contributed by atoms with van der Waals surface area (Å²) in [6.07, 6.45) is 8.54. The highest BCUT2D eigenvalue weighted by molar-refractivity contribution is 5.87. The zero-order chi connectivity index (χ0) is 16.9. The average Bonchev–Trinajstić information content (AvgIpc) is 3.09. The summed E-state index contributed by atoms with van der Waals surface area (Å²) in [5, 5.41) is 0. The van der Waals surface area contributed by atoms with Crippen LogP contribution in [0.1, 0.15) is 65.2 Å². The number of Topliss-reactive ketones (excluding diaryl/α,β-unsaturated/α-hetero) is 2. The van der Waals surface area contributed by atoms with E-state index < -0.39 is 0 Å². The smallest absolute Gasteiger partial charge is 0.139 e. The minimum absolute atomic E-state index is 0.0502. The molecule has 5 saturated carbocycles. The number of hydrogen-bond donors (Lipinski definition) is 0. The van der Waals surface area contributed by atoms with Gasteiger partial charge in [0.05, 0.1) is 6.10 Å². The molecule has 0 aromatic rings. The number of carbonyl (C=O) groups excluding carboxylic acids is 2. The maximum Gasteiger partial charge on any atom is 0.139 e. The van der Waals surface area contributed by atoms with Crippen LogP contribution in [0.5, 0.6) is 0 Å². The Balaban J connectivity index is 1.56. The molecule has 0 unspecified atom stereocenters. The van der Waals surface area contributed by atoms with Crippen LogP contribution in [0.4, 0.5) is 0 Å². The quantitative estimate of drug-likeness (QED) is 0.734. The molecule has 0 N–H and O–H groups in total. The predicted octanol–water partition coefficient (Wildman–Crippen LogP) is 3.79. The Bertz CT molecular complexity index is 627. The van der Waals surface area contributed by atoms with Crippen LogP contribution in [0.2, 0.25) is 0 Å². The Kier molecular flexibility index (Phi) is 2.93. The number of fused-ring (bicyclic) bond motifs is 3. The first-order chi connectivity index (χ1) is 11.4. The summed E-state index contributed by atoms with van der Waals surface area (Å²) in [5.74, 6) is 3.09. The normalized spacial score (nSPS) is 58.5. The summed E-state index contributed by atoms with van der Waals surface area (Å²) in [4.78, 5) is 25.0. The minimum atomic E-state index is -0.0502. The summed E-state index contributed by atoms with van der Waals surface area (Å²) in [6, 6.07) is 0. The Morgan fingerprint density at radius 2 is 1.75 bits per heavy atom. The molecule has 0 aromatic heterocycles. The van der Waals surface area contributed by atoms with Gasteiger partial charge in [0.25, 0.3) is 0 Å². The first-order valence-electron chi connectivity index (χ1n) is 10.0. The van der Waals surface area contributed by atoms with Crippen molar-refractivity contribution in [1.82, 2.24) is 0 Å². The Hall–Kier alpha value is -0.700. The van der Waals surface area contributed by atoms with E-state index in [1.807, 2.05) is 7.11 Å². The van der Waals surface area contributed by atoms with Gasteiger partial charge in [0, 0.05) is 42.1 Å². The molecule has 5 fully saturated rings. The molecule has 24 heavy (non-hydrogen) atoms. The van der Waals surface area contributed by atoms with Crippen molar-refractivity contribution in [3.8, 4) is 0 Å². The van der Waals surface area contributed by atoms with Crippen LogP contribution in [0.3, 0.4) is 0 Å². The third-order valence-electron chi connectivity index (χ3n) is 9.69. The molecular weight excluding hydrogens is 300 g/mol. The van der Waals surface area contributed by atoms with E-state index in [4.69, 9.17) is 4.74 Å². The second-order valence-electron chi connectivity index (χ2n) is 9.72. The molecule has 0 bridgehead atoms. The van der Waals surface area contributed by atoms with Gasteiger partial charge in [-0.3, -0.25) is 9.59 Å². The molecule has 5 aliphatic rings. The van der Waals surface area contributed by atoms with Crippen molar-refractivity contribution in [2.45, 2.75) is 71.3 Å². The van der Waals surface area contributed by atoms with Gasteiger partial charge >= 0.3 is 0 Å². The fourth-order valence-electron chi connectivity index (χ4n) is 8.67. The van der Waals surface area contributed by atoms with E-state index >= 15 is 0 Å². The number of ether oxygens (including phenoxy) is 1. The molecule has 8 atom stereocenters. The lowest BCUT2D eigenvalue weighted by Gasteiger charge is -2.54. The molecule has 132 valence electrons. The van der Waals surface area contributed by atoms with Crippen molar-refractivity contribution in [3.63, 3.8) is 0 Å². The van der Waals surface area contributed by atoms with E-state index in [2.05, 4.69) is 13.8 Å². The highest BCUT2D eigenvalue weighted by atomic mass is 16.5. The molecule has 3 heteroatoms. The number of rotatable bonds is 1. The van der Waals surface area contributed by atoms with E-state index in [0.717, 1.165) is 38.5 Å². The van der Waals surface area contributed by atoms with Crippen molar-refractivity contribution in [2.24, 2.45) is 39.9 Å². The second kappa shape index (κ2) is 4.52. The third-order valence-corrected chi connectivity index (χ3v) is 9.69. The second-order valence-corrected chi connectivity index (χ2v) is 9.72. The number of ketones is 2. The molecule has 0 saturated heterocycles. The Morgan fingerprint density at radius 3 is 2.50 bits per heavy atom. The van der Waals surface area contributed by atoms with Gasteiger partial charge in [-0.15, -0.1) is 0 Å². The lowest BCUT2D eigenvalue weighted by Crippen LogP contribution is -2.50. The van der Waals surface area contributed by atoms with Gasteiger partial charge in [-0.2, -0.15) is 0 Å². The molecule has 5 aliphatic carbocycles. The van der Waals surface area contributed by atoms with Gasteiger partial charge in [0.2, 0.25) is 0 Å². The molecule has 0 aliphatic heterocycles. The van der Waals surface area contributed by atoms with E-state index in [1.54, 1.807) is 0 Å². The largest absolute Gasteiger partial charge is 0.380 e. The van der Waals surface area contributed by atoms with Gasteiger partial charge in [-0.1, -0.05) is 13.8 Å². The maximum absolute atomic E-state index is 12.5. The van der Waals surface area contributed by atoms with Crippen molar-refractivity contribution in [2.75, 3.05) is 7.11 Å². The molecular formula is C21H30O3. The fraction of sp³-hybridized carbons (Fsp3) is 0.905. The number of carbonyl (C=O) groups is 2. The van der Waals surface area contributed by atoms with Crippen LogP contribution in [0.25, 0.3) is 0 Å². The number of hydrogen-bond acceptors (Lipinski definition) is 3. The lowest BCUT2D eigenvalue weighted by molar-refractivity contribution is -0.138. The summed E-state index contributed by atoms with van der Waals surface area (Å²) in [7, 11) is 1.86. The van der Waals surface area contributed by atoms with Gasteiger partial charge in [-0.25, -0.2) is 0 Å². The average molecular weight is 330 g/mol. The predicted molar refractivity (Wildman–Crippen MR) is 90.4 cm³/mol. The molecule has 0 radical (unpaired) electrons. The first kappa shape index (κ1) is 15.5. The van der Waals surface area contributed by atoms with E-state index in [9.17, 15) is 9.59 Å². The topological polar surface area (TPSA) is 43.4 Å². The highest BCUT2D eigenvalue weighted by Gasteiger charge is 2.85. The molecule has 0 amide bonds. The molecule has 5 rings (SSSR count). The van der Waals surface area contributed by atoms with Crippen LogP contribution in [0, 0.1) is 39.9 Å². The van der Waals surface area contributed by atoms with Crippen molar-refractivity contribution < 1.29 is 14.3 Å². The van der Waals surface area contributed by atoms with Crippen LogP contribution in [-0.4, -0.2) is 24.8 Å². The summed E-state index contributed by atoms with van der Waals surface area (Å²) in [5.41, 5.74) is 0.310. The lowest BCUT2D eigenvalue weighted by atomic mass is 9.49. The van der Waals surface area contributed by atoms with Gasteiger partial charge < -0.3 is 4.74 Å². The standard InChI is InChI=1S/C21H30O3/c1-12-16(22)8-11-21-15-7-9-19(2)14(4-5-17(19)23)13(15)6-10-20(12,21)18(21)24-3/h12-15,18H,4-11H2,1-3H3/t12-,13+,14+,15+,18+,19+,20+,21+/m1/s1. The summed E-state index contributed by atoms with van der Waals surface area (Å²) in [6.45, 7) is 4.41. The zero-order valence-electron chi connectivity index (χ0n) is 15.3. The molecule has 0 spiro atoms. The number of methoxy groups -OCH3 is 1. The summed E-state index contributed by atoms with van der Waals surface area (Å²) >= 11 is 0. The summed E-state index contributed by atoms with van der Waals surface area (Å²) < 4.78 is 6.04. The van der Waals surface area contributed by atoms with Crippen LogP contribution < -0.4 is 0 Å². The van der Waals surface area contributed by atoms with E-state index in [0.29, 0.717) is 29.3 Å². The zero-order valence-corrected chi connectivity index (χ0v) is 15.3. The van der Waals surface area contributed by atoms with E-state index in [-0.39, 0.29) is 28.3 Å². The monoisotopic (exact) mass is 330 g/mol. The third kappa shape index (κ3) is 1.40. The van der Waals surface area contributed by atoms with Gasteiger partial charge in [0.15, 0.2) is 0 Å². The maximum atomic E-state index is 12.5. The van der Waals surface area contributed by atoms with Gasteiger partial charge in [-0.05, 0) is 56.3 Å². The van der Waals surface area contributed by atoms with E-state index in [1.165, 1.54) is 12.8 Å². The van der Waals surface area contributed by atoms with Gasteiger partial charge in [0.1, 0.15) is 11.6 Å². The van der Waals surface area contributed by atoms with Crippen molar-refractivity contribution >= 4 is 11.6 Å². The Labute approximate surface area is 144 Å². The van der Waals surface area contributed by atoms with Crippen LogP contribution in [-0.2, 0) is 14.3 Å². The van der Waals surface area contributed by atoms with Crippen molar-refractivity contribution in [3.05, 3.63) is 0 Å². The highest BCUT2D eigenvalue weighted by Crippen LogP contribution is 2.84. The first-order valence-corrected chi connectivity index (χ1v) is 10.0. The van der Waals surface area contributed by atoms with Crippen LogP contribution >= 0.6 is 0 Å². The molecule has 3 nitrogen and oxygen atoms in total. The van der Waals surface area contributed by atoms with Crippen molar-refractivity contribution in [1.29, 1.82) is 0 Å². The van der Waals surface area contributed by atoms with Crippen LogP contribution in [0.15, 0.2) is 0 Å². The molecule has 0 aromatic carbocycles. The Morgan fingerprint density at radius 1 is 0.958 bits per heavy atom.